The van der Waals surface area contributed by atoms with Crippen molar-refractivity contribution in [2.45, 2.75) is 32.6 Å². The molecule has 0 amide bonds. The number of imidazole rings is 1. The summed E-state index contributed by atoms with van der Waals surface area (Å²) < 4.78 is 2.03. The Morgan fingerprint density at radius 1 is 1.40 bits per heavy atom. The molecular formula is C17H20N2O. The van der Waals surface area contributed by atoms with E-state index in [1.807, 2.05) is 35.9 Å². The molecule has 1 aliphatic carbocycles. The first-order chi connectivity index (χ1) is 9.65. The van der Waals surface area contributed by atoms with Crippen molar-refractivity contribution in [3.63, 3.8) is 0 Å². The number of para-hydroxylation sites is 2. The van der Waals surface area contributed by atoms with E-state index in [1.54, 1.807) is 0 Å². The molecule has 3 heteroatoms. The van der Waals surface area contributed by atoms with E-state index >= 15 is 0 Å². The van der Waals surface area contributed by atoms with Gasteiger partial charge in [0.15, 0.2) is 5.78 Å². The summed E-state index contributed by atoms with van der Waals surface area (Å²) in [6, 6.07) is 8.01. The van der Waals surface area contributed by atoms with Crippen molar-refractivity contribution in [1.29, 1.82) is 0 Å². The lowest BCUT2D eigenvalue weighted by molar-refractivity contribution is -0.115. The van der Waals surface area contributed by atoms with E-state index in [4.69, 9.17) is 0 Å². The maximum atomic E-state index is 12.4. The third-order valence-electron chi connectivity index (χ3n) is 4.23. The second kappa shape index (κ2) is 5.23. The Hall–Kier alpha value is -1.90. The van der Waals surface area contributed by atoms with Gasteiger partial charge in [0.25, 0.3) is 0 Å². The summed E-state index contributed by atoms with van der Waals surface area (Å²) in [6.07, 6.45) is 5.61. The quantitative estimate of drug-likeness (QED) is 0.854. The summed E-state index contributed by atoms with van der Waals surface area (Å²) in [7, 11) is 1.98. The zero-order valence-electron chi connectivity index (χ0n) is 12.1. The molecule has 1 unspecified atom stereocenters. The highest BCUT2D eigenvalue weighted by atomic mass is 16.1. The van der Waals surface area contributed by atoms with Gasteiger partial charge >= 0.3 is 0 Å². The van der Waals surface area contributed by atoms with E-state index in [0.29, 0.717) is 12.3 Å². The molecule has 0 aliphatic heterocycles. The highest BCUT2D eigenvalue weighted by molar-refractivity contribution is 5.96. The van der Waals surface area contributed by atoms with Gasteiger partial charge in [-0.05, 0) is 42.9 Å². The molecule has 0 fully saturated rings. The van der Waals surface area contributed by atoms with Crippen LogP contribution in [0.25, 0.3) is 11.0 Å². The van der Waals surface area contributed by atoms with Crippen molar-refractivity contribution in [3.05, 3.63) is 41.7 Å². The minimum atomic E-state index is 0.232. The fraction of sp³-hybridized carbons (Fsp3) is 0.412. The van der Waals surface area contributed by atoms with Crippen LogP contribution in [-0.2, 0) is 18.3 Å². The van der Waals surface area contributed by atoms with Gasteiger partial charge in [0, 0.05) is 7.05 Å². The molecule has 0 N–H and O–H groups in total. The molecule has 0 bridgehead atoms. The number of hydrogen-bond donors (Lipinski definition) is 0. The topological polar surface area (TPSA) is 34.9 Å². The zero-order valence-corrected chi connectivity index (χ0v) is 12.1. The molecule has 20 heavy (non-hydrogen) atoms. The number of allylic oxidation sites excluding steroid dienone is 2. The Bertz CT molecular complexity index is 681. The van der Waals surface area contributed by atoms with Crippen molar-refractivity contribution in [2.75, 3.05) is 0 Å². The van der Waals surface area contributed by atoms with Crippen LogP contribution in [0.5, 0.6) is 0 Å². The van der Waals surface area contributed by atoms with E-state index in [-0.39, 0.29) is 5.78 Å². The lowest BCUT2D eigenvalue weighted by Crippen LogP contribution is -2.14. The third kappa shape index (κ3) is 2.40. The Kier molecular flexibility index (Phi) is 3.43. The molecule has 3 nitrogen and oxygen atoms in total. The fourth-order valence-electron chi connectivity index (χ4n) is 2.83. The Morgan fingerprint density at radius 3 is 2.90 bits per heavy atom. The molecule has 1 aliphatic rings. The number of rotatable bonds is 3. The van der Waals surface area contributed by atoms with E-state index in [1.165, 1.54) is 0 Å². The van der Waals surface area contributed by atoms with Crippen molar-refractivity contribution in [1.82, 2.24) is 9.55 Å². The molecule has 1 atom stereocenters. The molecule has 0 radical (unpaired) electrons. The Morgan fingerprint density at radius 2 is 2.20 bits per heavy atom. The van der Waals surface area contributed by atoms with Crippen LogP contribution in [0.2, 0.25) is 0 Å². The van der Waals surface area contributed by atoms with Gasteiger partial charge in [-0.2, -0.15) is 0 Å². The number of nitrogens with zero attached hydrogens (tertiary/aromatic N) is 2. The average Bonchev–Trinajstić information content (AvgIpc) is 2.77. The first kappa shape index (κ1) is 13.1. The minimum absolute atomic E-state index is 0.232. The maximum absolute atomic E-state index is 12.4. The maximum Gasteiger partial charge on any atom is 0.166 e. The number of fused-ring (bicyclic) bond motifs is 1. The molecule has 104 valence electrons. The number of aryl methyl sites for hydroxylation is 1. The molecule has 3 rings (SSSR count). The summed E-state index contributed by atoms with van der Waals surface area (Å²) in [5, 5.41) is 0. The summed E-state index contributed by atoms with van der Waals surface area (Å²) in [5.74, 6) is 1.80. The molecular weight excluding hydrogens is 248 g/mol. The van der Waals surface area contributed by atoms with Crippen LogP contribution >= 0.6 is 0 Å². The molecule has 1 aromatic heterocycles. The van der Waals surface area contributed by atoms with Gasteiger partial charge in [0.2, 0.25) is 0 Å². The van der Waals surface area contributed by atoms with Crippen molar-refractivity contribution in [2.24, 2.45) is 13.0 Å². The number of carbonyl (C=O) groups excluding carboxylic acids is 1. The Balaban J connectivity index is 1.83. The summed E-state index contributed by atoms with van der Waals surface area (Å²) in [5.41, 5.74) is 3.04. The van der Waals surface area contributed by atoms with Crippen LogP contribution in [0.1, 0.15) is 32.0 Å². The van der Waals surface area contributed by atoms with Gasteiger partial charge in [-0.3, -0.25) is 4.79 Å². The number of benzene rings is 1. The minimum Gasteiger partial charge on any atom is -0.331 e. The lowest BCUT2D eigenvalue weighted by Gasteiger charge is -2.17. The van der Waals surface area contributed by atoms with E-state index in [9.17, 15) is 4.79 Å². The summed E-state index contributed by atoms with van der Waals surface area (Å²) >= 11 is 0. The number of aromatic nitrogens is 2. The fourth-order valence-corrected chi connectivity index (χ4v) is 2.83. The van der Waals surface area contributed by atoms with Crippen LogP contribution < -0.4 is 0 Å². The van der Waals surface area contributed by atoms with Gasteiger partial charge < -0.3 is 4.57 Å². The SMILES string of the molecule is CC1CC=C(C(=O)Cc2nc3ccccc3n2C)CC1. The number of ketones is 1. The number of carbonyl (C=O) groups is 1. The van der Waals surface area contributed by atoms with Crippen LogP contribution in [0.4, 0.5) is 0 Å². The number of hydrogen-bond acceptors (Lipinski definition) is 2. The molecule has 1 heterocycles. The van der Waals surface area contributed by atoms with Gasteiger partial charge in [-0.25, -0.2) is 4.98 Å². The van der Waals surface area contributed by atoms with E-state index in [0.717, 1.165) is 41.7 Å². The van der Waals surface area contributed by atoms with E-state index < -0.39 is 0 Å². The highest BCUT2D eigenvalue weighted by Crippen LogP contribution is 2.24. The first-order valence-electron chi connectivity index (χ1n) is 7.27. The standard InChI is InChI=1S/C17H20N2O/c1-12-7-9-13(10-8-12)16(20)11-17-18-14-5-3-4-6-15(14)19(17)2/h3-6,9,12H,7-8,10-11H2,1-2H3. The van der Waals surface area contributed by atoms with Crippen LogP contribution in [-0.4, -0.2) is 15.3 Å². The largest absolute Gasteiger partial charge is 0.331 e. The lowest BCUT2D eigenvalue weighted by atomic mass is 9.88. The molecule has 0 saturated carbocycles. The summed E-state index contributed by atoms with van der Waals surface area (Å²) in [4.78, 5) is 17.0. The van der Waals surface area contributed by atoms with Gasteiger partial charge in [0.1, 0.15) is 5.82 Å². The predicted molar refractivity (Wildman–Crippen MR) is 80.5 cm³/mol. The van der Waals surface area contributed by atoms with Crippen LogP contribution in [0, 0.1) is 5.92 Å². The van der Waals surface area contributed by atoms with Crippen LogP contribution in [0.15, 0.2) is 35.9 Å². The predicted octanol–water partition coefficient (Wildman–Crippen LogP) is 3.43. The molecule has 0 spiro atoms. The van der Waals surface area contributed by atoms with Crippen molar-refractivity contribution >= 4 is 16.8 Å². The monoisotopic (exact) mass is 268 g/mol. The molecule has 2 aromatic rings. The van der Waals surface area contributed by atoms with Gasteiger partial charge in [-0.15, -0.1) is 0 Å². The van der Waals surface area contributed by atoms with Gasteiger partial charge in [0.05, 0.1) is 17.5 Å². The molecule has 0 saturated heterocycles. The Labute approximate surface area is 119 Å². The average molecular weight is 268 g/mol. The molecule has 1 aromatic carbocycles. The third-order valence-corrected chi connectivity index (χ3v) is 4.23. The van der Waals surface area contributed by atoms with Gasteiger partial charge in [-0.1, -0.05) is 25.1 Å². The number of Topliss-reactive ketones (excluding diaryl/α,β-unsaturated/α-hetero) is 1. The second-order valence-corrected chi connectivity index (χ2v) is 5.78. The smallest absolute Gasteiger partial charge is 0.166 e. The van der Waals surface area contributed by atoms with Crippen molar-refractivity contribution in [3.8, 4) is 0 Å². The second-order valence-electron chi connectivity index (χ2n) is 5.78. The zero-order chi connectivity index (χ0) is 14.1. The summed E-state index contributed by atoms with van der Waals surface area (Å²) in [6.45, 7) is 2.24. The normalized spacial score (nSPS) is 19.1. The van der Waals surface area contributed by atoms with Crippen molar-refractivity contribution < 1.29 is 4.79 Å². The van der Waals surface area contributed by atoms with E-state index in [2.05, 4.69) is 18.0 Å². The highest BCUT2D eigenvalue weighted by Gasteiger charge is 2.18. The first-order valence-corrected chi connectivity index (χ1v) is 7.27. The van der Waals surface area contributed by atoms with Crippen LogP contribution in [0.3, 0.4) is 0 Å².